The molecule has 2 aromatic carbocycles. The van der Waals surface area contributed by atoms with Crippen molar-refractivity contribution in [1.82, 2.24) is 5.32 Å². The molecule has 2 amide bonds. The number of fused-ring (bicyclic) bond motifs is 1. The van der Waals surface area contributed by atoms with Gasteiger partial charge in [0.05, 0.1) is 20.6 Å². The van der Waals surface area contributed by atoms with Crippen molar-refractivity contribution in [3.63, 3.8) is 0 Å². The number of benzene rings is 2. The molecule has 1 aliphatic heterocycles. The summed E-state index contributed by atoms with van der Waals surface area (Å²) in [7, 11) is 3.12. The summed E-state index contributed by atoms with van der Waals surface area (Å²) in [6.07, 6.45) is 5.35. The Kier molecular flexibility index (Phi) is 8.03. The van der Waals surface area contributed by atoms with E-state index < -0.39 is 6.04 Å². The van der Waals surface area contributed by atoms with Gasteiger partial charge in [-0.25, -0.2) is 0 Å². The minimum atomic E-state index is -0.940. The van der Waals surface area contributed by atoms with Gasteiger partial charge < -0.3 is 24.3 Å². The lowest BCUT2D eigenvalue weighted by Gasteiger charge is -2.33. The van der Waals surface area contributed by atoms with Crippen molar-refractivity contribution in [2.45, 2.75) is 50.6 Å². The minimum absolute atomic E-state index is 0.0740. The first-order valence-electron chi connectivity index (χ1n) is 12.8. The zero-order valence-electron chi connectivity index (χ0n) is 21.6. The lowest BCUT2D eigenvalue weighted by atomic mass is 9.94. The molecule has 0 unspecified atom stereocenters. The van der Waals surface area contributed by atoms with Crippen LogP contribution in [-0.4, -0.2) is 38.9 Å². The molecule has 2 aliphatic rings. The van der Waals surface area contributed by atoms with E-state index in [1.807, 2.05) is 23.6 Å². The van der Waals surface area contributed by atoms with E-state index in [9.17, 15) is 9.59 Å². The molecule has 1 N–H and O–H groups in total. The summed E-state index contributed by atoms with van der Waals surface area (Å²) in [5.74, 6) is 1.73. The number of carbonyl (C=O) groups is 2. The topological polar surface area (TPSA) is 86.3 Å². The van der Waals surface area contributed by atoms with E-state index in [1.165, 1.54) is 17.8 Å². The van der Waals surface area contributed by atoms with Gasteiger partial charge in [0.25, 0.3) is 0 Å². The number of hydrogen-bond acceptors (Lipinski definition) is 7. The summed E-state index contributed by atoms with van der Waals surface area (Å²) in [6, 6.07) is 13.6. The predicted octanol–water partition coefficient (Wildman–Crippen LogP) is 5.26. The Hall–Kier alpha value is -3.72. The first kappa shape index (κ1) is 25.9. The molecule has 8 nitrogen and oxygen atoms in total. The third-order valence-corrected chi connectivity index (χ3v) is 7.87. The molecule has 9 heteroatoms. The summed E-state index contributed by atoms with van der Waals surface area (Å²) in [6.45, 7) is 0.114. The molecule has 5 rings (SSSR count). The van der Waals surface area contributed by atoms with E-state index in [0.29, 0.717) is 34.2 Å². The first-order valence-corrected chi connectivity index (χ1v) is 13.7. The van der Waals surface area contributed by atoms with E-state index in [2.05, 4.69) is 5.32 Å². The number of ether oxygens (including phenoxy) is 4. The number of nitrogens with zero attached hydrogens (tertiary/aromatic N) is 1. The van der Waals surface area contributed by atoms with Crippen molar-refractivity contribution in [2.24, 2.45) is 0 Å². The van der Waals surface area contributed by atoms with Crippen LogP contribution in [0.4, 0.5) is 5.69 Å². The summed E-state index contributed by atoms with van der Waals surface area (Å²) in [5, 5.41) is 5.18. The lowest BCUT2D eigenvalue weighted by Crippen LogP contribution is -2.47. The van der Waals surface area contributed by atoms with Crippen molar-refractivity contribution in [1.29, 1.82) is 0 Å². The molecule has 3 aromatic rings. The van der Waals surface area contributed by atoms with Crippen molar-refractivity contribution in [3.8, 4) is 23.0 Å². The number of thiophene rings is 1. The largest absolute Gasteiger partial charge is 0.493 e. The van der Waals surface area contributed by atoms with Crippen molar-refractivity contribution >= 4 is 28.8 Å². The van der Waals surface area contributed by atoms with Gasteiger partial charge in [-0.3, -0.25) is 14.5 Å². The van der Waals surface area contributed by atoms with Crippen LogP contribution in [0.1, 0.15) is 48.6 Å². The fraction of sp³-hybridized carbons (Fsp3) is 0.379. The average Bonchev–Trinajstić information content (AvgIpc) is 3.63. The SMILES string of the molecule is COc1ccc([C@@H](C(=O)NC2CCCCC2)N(C(=O)Cc2cccs2)c2ccc3c(c2)OCO3)cc1OC. The molecule has 0 saturated heterocycles. The minimum Gasteiger partial charge on any atom is -0.493 e. The van der Waals surface area contributed by atoms with Gasteiger partial charge in [0.2, 0.25) is 18.6 Å². The second-order valence-electron chi connectivity index (χ2n) is 9.42. The monoisotopic (exact) mass is 536 g/mol. The zero-order chi connectivity index (χ0) is 26.5. The Labute approximate surface area is 226 Å². The molecule has 1 saturated carbocycles. The van der Waals surface area contributed by atoms with Crippen molar-refractivity contribution < 1.29 is 28.5 Å². The quantitative estimate of drug-likeness (QED) is 0.402. The highest BCUT2D eigenvalue weighted by atomic mass is 32.1. The summed E-state index contributed by atoms with van der Waals surface area (Å²) in [4.78, 5) is 30.6. The molecule has 38 heavy (non-hydrogen) atoms. The maximum atomic E-state index is 14.1. The Balaban J connectivity index is 1.59. The van der Waals surface area contributed by atoms with Crippen LogP contribution in [0, 0.1) is 0 Å². The van der Waals surface area contributed by atoms with E-state index in [1.54, 1.807) is 49.5 Å². The molecule has 1 fully saturated rings. The number of carbonyl (C=O) groups excluding carboxylic acids is 2. The van der Waals surface area contributed by atoms with Crippen molar-refractivity contribution in [3.05, 3.63) is 64.4 Å². The molecule has 0 bridgehead atoms. The van der Waals surface area contributed by atoms with Gasteiger partial charge in [0.15, 0.2) is 23.0 Å². The van der Waals surface area contributed by atoms with Crippen LogP contribution >= 0.6 is 11.3 Å². The van der Waals surface area contributed by atoms with E-state index in [-0.39, 0.29) is 31.1 Å². The molecular weight excluding hydrogens is 504 g/mol. The average molecular weight is 537 g/mol. The normalized spacial score (nSPS) is 15.5. The van der Waals surface area contributed by atoms with Crippen LogP contribution in [0.25, 0.3) is 0 Å². The summed E-state index contributed by atoms with van der Waals surface area (Å²) >= 11 is 1.51. The molecule has 1 aromatic heterocycles. The number of amides is 2. The summed E-state index contributed by atoms with van der Waals surface area (Å²) < 4.78 is 22.1. The second kappa shape index (κ2) is 11.8. The zero-order valence-corrected chi connectivity index (χ0v) is 22.4. The molecule has 0 radical (unpaired) electrons. The number of anilines is 1. The lowest BCUT2D eigenvalue weighted by molar-refractivity contribution is -0.127. The highest BCUT2D eigenvalue weighted by Gasteiger charge is 2.35. The van der Waals surface area contributed by atoms with Gasteiger partial charge in [-0.1, -0.05) is 31.4 Å². The van der Waals surface area contributed by atoms with Crippen LogP contribution in [0.3, 0.4) is 0 Å². The Bertz CT molecular complexity index is 1270. The van der Waals surface area contributed by atoms with E-state index in [0.717, 1.165) is 30.6 Å². The van der Waals surface area contributed by atoms with E-state index >= 15 is 0 Å². The highest BCUT2D eigenvalue weighted by Crippen LogP contribution is 2.40. The van der Waals surface area contributed by atoms with Gasteiger partial charge in [-0.15, -0.1) is 11.3 Å². The van der Waals surface area contributed by atoms with E-state index in [4.69, 9.17) is 18.9 Å². The standard InChI is InChI=1S/C29H32N2O6S/c1-34-23-12-10-19(15-25(23)35-2)28(29(33)30-20-7-4-3-5-8-20)31(27(32)17-22-9-6-14-38-22)21-11-13-24-26(16-21)37-18-36-24/h6,9-16,20,28H,3-5,7-8,17-18H2,1-2H3,(H,30,33)/t28-/m0/s1. The van der Waals surface area contributed by atoms with Gasteiger partial charge >= 0.3 is 0 Å². The van der Waals surface area contributed by atoms with Gasteiger partial charge in [0.1, 0.15) is 6.04 Å². The first-order chi connectivity index (χ1) is 18.6. The molecule has 1 atom stereocenters. The number of hydrogen-bond donors (Lipinski definition) is 1. The number of nitrogens with one attached hydrogen (secondary N) is 1. The molecule has 0 spiro atoms. The van der Waals surface area contributed by atoms with Crippen LogP contribution in [-0.2, 0) is 16.0 Å². The van der Waals surface area contributed by atoms with Crippen LogP contribution in [0.15, 0.2) is 53.9 Å². The molecule has 2 heterocycles. The van der Waals surface area contributed by atoms with Crippen LogP contribution in [0.2, 0.25) is 0 Å². The van der Waals surface area contributed by atoms with Gasteiger partial charge in [0, 0.05) is 22.7 Å². The van der Waals surface area contributed by atoms with Crippen molar-refractivity contribution in [2.75, 3.05) is 25.9 Å². The number of rotatable bonds is 9. The second-order valence-corrected chi connectivity index (χ2v) is 10.5. The van der Waals surface area contributed by atoms with Crippen LogP contribution < -0.4 is 29.2 Å². The number of methoxy groups -OCH3 is 2. The third-order valence-electron chi connectivity index (χ3n) is 6.99. The highest BCUT2D eigenvalue weighted by molar-refractivity contribution is 7.10. The Morgan fingerprint density at radius 3 is 2.53 bits per heavy atom. The van der Waals surface area contributed by atoms with Gasteiger partial charge in [-0.2, -0.15) is 0 Å². The maximum Gasteiger partial charge on any atom is 0.248 e. The van der Waals surface area contributed by atoms with Crippen LogP contribution in [0.5, 0.6) is 23.0 Å². The molecule has 1 aliphatic carbocycles. The smallest absolute Gasteiger partial charge is 0.248 e. The molecular formula is C29H32N2O6S. The maximum absolute atomic E-state index is 14.1. The molecule has 200 valence electrons. The predicted molar refractivity (Wildman–Crippen MR) is 145 cm³/mol. The Morgan fingerprint density at radius 1 is 1.00 bits per heavy atom. The third kappa shape index (κ3) is 5.57. The van der Waals surface area contributed by atoms with Gasteiger partial charge in [-0.05, 0) is 54.1 Å². The fourth-order valence-electron chi connectivity index (χ4n) is 5.09. The Morgan fingerprint density at radius 2 is 1.79 bits per heavy atom. The fourth-order valence-corrected chi connectivity index (χ4v) is 5.78. The summed E-state index contributed by atoms with van der Waals surface area (Å²) in [5.41, 5.74) is 1.17.